The minimum Gasteiger partial charge on any atom is -0.345 e. The molecule has 17 heavy (non-hydrogen) atoms. The number of halogens is 1. The molecule has 90 valence electrons. The summed E-state index contributed by atoms with van der Waals surface area (Å²) < 4.78 is 0. The van der Waals surface area contributed by atoms with Gasteiger partial charge in [-0.3, -0.25) is 0 Å². The molecule has 1 aliphatic rings. The SMILES string of the molecule is Clc1ccc2[nH]cnc2c1CC1CCCCC1. The number of rotatable bonds is 2. The molecule has 3 rings (SSSR count). The van der Waals surface area contributed by atoms with Gasteiger partial charge in [-0.1, -0.05) is 43.7 Å². The summed E-state index contributed by atoms with van der Waals surface area (Å²) in [7, 11) is 0. The maximum absolute atomic E-state index is 6.33. The number of aromatic nitrogens is 2. The second-order valence-electron chi connectivity index (χ2n) is 5.03. The van der Waals surface area contributed by atoms with E-state index in [-0.39, 0.29) is 0 Å². The number of nitrogens with one attached hydrogen (secondary N) is 1. The Balaban J connectivity index is 1.92. The van der Waals surface area contributed by atoms with Crippen molar-refractivity contribution in [1.29, 1.82) is 0 Å². The van der Waals surface area contributed by atoms with E-state index in [0.717, 1.165) is 28.4 Å². The molecule has 1 N–H and O–H groups in total. The second-order valence-corrected chi connectivity index (χ2v) is 5.44. The zero-order chi connectivity index (χ0) is 11.7. The fourth-order valence-electron chi connectivity index (χ4n) is 2.92. The van der Waals surface area contributed by atoms with E-state index < -0.39 is 0 Å². The van der Waals surface area contributed by atoms with Gasteiger partial charge < -0.3 is 4.98 Å². The van der Waals surface area contributed by atoms with Gasteiger partial charge in [0.2, 0.25) is 0 Å². The van der Waals surface area contributed by atoms with Gasteiger partial charge >= 0.3 is 0 Å². The van der Waals surface area contributed by atoms with Crippen molar-refractivity contribution in [3.05, 3.63) is 29.0 Å². The van der Waals surface area contributed by atoms with Crippen molar-refractivity contribution in [2.75, 3.05) is 0 Å². The van der Waals surface area contributed by atoms with Crippen LogP contribution >= 0.6 is 11.6 Å². The first-order valence-electron chi connectivity index (χ1n) is 6.45. The summed E-state index contributed by atoms with van der Waals surface area (Å²) in [6.45, 7) is 0. The minimum atomic E-state index is 0.795. The molecule has 1 fully saturated rings. The highest BCUT2D eigenvalue weighted by Crippen LogP contribution is 2.32. The van der Waals surface area contributed by atoms with Gasteiger partial charge in [0.15, 0.2) is 0 Å². The van der Waals surface area contributed by atoms with E-state index in [4.69, 9.17) is 11.6 Å². The maximum atomic E-state index is 6.33. The van der Waals surface area contributed by atoms with Crippen molar-refractivity contribution in [2.24, 2.45) is 5.92 Å². The number of benzene rings is 1. The molecule has 0 atom stereocenters. The average Bonchev–Trinajstić information content (AvgIpc) is 2.83. The molecule has 1 heterocycles. The summed E-state index contributed by atoms with van der Waals surface area (Å²) in [5.74, 6) is 0.795. The van der Waals surface area contributed by atoms with Crippen molar-refractivity contribution in [2.45, 2.75) is 38.5 Å². The number of aromatic amines is 1. The maximum Gasteiger partial charge on any atom is 0.0932 e. The standard InChI is InChI=1S/C14H17ClN2/c15-12-6-7-13-14(17-9-16-13)11(12)8-10-4-2-1-3-5-10/h6-7,9-10H,1-5,8H2,(H,16,17). The van der Waals surface area contributed by atoms with Crippen molar-refractivity contribution in [3.63, 3.8) is 0 Å². The zero-order valence-corrected chi connectivity index (χ0v) is 10.6. The van der Waals surface area contributed by atoms with Crippen molar-refractivity contribution >= 4 is 22.6 Å². The largest absolute Gasteiger partial charge is 0.345 e. The zero-order valence-electron chi connectivity index (χ0n) is 9.88. The molecule has 1 aliphatic carbocycles. The van der Waals surface area contributed by atoms with Crippen LogP contribution in [0.1, 0.15) is 37.7 Å². The van der Waals surface area contributed by atoms with Gasteiger partial charge in [-0.15, -0.1) is 0 Å². The van der Waals surface area contributed by atoms with E-state index >= 15 is 0 Å². The first kappa shape index (κ1) is 11.1. The monoisotopic (exact) mass is 248 g/mol. The molecule has 0 spiro atoms. The lowest BCUT2D eigenvalue weighted by atomic mass is 9.84. The number of hydrogen-bond acceptors (Lipinski definition) is 1. The van der Waals surface area contributed by atoms with Gasteiger partial charge in [0.05, 0.1) is 17.4 Å². The van der Waals surface area contributed by atoms with Crippen LogP contribution in [-0.4, -0.2) is 9.97 Å². The van der Waals surface area contributed by atoms with E-state index in [2.05, 4.69) is 9.97 Å². The quantitative estimate of drug-likeness (QED) is 0.842. The number of hydrogen-bond donors (Lipinski definition) is 1. The average molecular weight is 249 g/mol. The van der Waals surface area contributed by atoms with Crippen molar-refractivity contribution < 1.29 is 0 Å². The third kappa shape index (κ3) is 2.19. The van der Waals surface area contributed by atoms with Gasteiger partial charge in [0.1, 0.15) is 0 Å². The summed E-state index contributed by atoms with van der Waals surface area (Å²) in [5.41, 5.74) is 3.39. The third-order valence-corrected chi connectivity index (χ3v) is 4.21. The van der Waals surface area contributed by atoms with Crippen molar-refractivity contribution in [1.82, 2.24) is 9.97 Å². The number of H-pyrrole nitrogens is 1. The molecule has 0 unspecified atom stereocenters. The molecule has 0 bridgehead atoms. The fraction of sp³-hybridized carbons (Fsp3) is 0.500. The smallest absolute Gasteiger partial charge is 0.0932 e. The molecule has 0 aliphatic heterocycles. The second kappa shape index (κ2) is 4.69. The Labute approximate surface area is 106 Å². The predicted molar refractivity (Wildman–Crippen MR) is 71.4 cm³/mol. The molecule has 0 radical (unpaired) electrons. The van der Waals surface area contributed by atoms with Crippen LogP contribution < -0.4 is 0 Å². The highest BCUT2D eigenvalue weighted by Gasteiger charge is 2.17. The van der Waals surface area contributed by atoms with E-state index in [0.29, 0.717) is 0 Å². The van der Waals surface area contributed by atoms with Gasteiger partial charge in [-0.2, -0.15) is 0 Å². The minimum absolute atomic E-state index is 0.795. The lowest BCUT2D eigenvalue weighted by Gasteiger charge is -2.22. The number of nitrogens with zero attached hydrogens (tertiary/aromatic N) is 1. The highest BCUT2D eigenvalue weighted by molar-refractivity contribution is 6.32. The normalized spacial score (nSPS) is 17.7. The number of imidazole rings is 1. The Morgan fingerprint density at radius 1 is 1.24 bits per heavy atom. The van der Waals surface area contributed by atoms with E-state index in [1.54, 1.807) is 6.33 Å². The van der Waals surface area contributed by atoms with Gasteiger partial charge in [-0.05, 0) is 30.0 Å². The van der Waals surface area contributed by atoms with Crippen LogP contribution in [0.2, 0.25) is 5.02 Å². The third-order valence-electron chi connectivity index (χ3n) is 3.86. The van der Waals surface area contributed by atoms with Crippen molar-refractivity contribution in [3.8, 4) is 0 Å². The summed E-state index contributed by atoms with van der Waals surface area (Å²) in [6, 6.07) is 4.00. The first-order chi connectivity index (χ1) is 8.34. The summed E-state index contributed by atoms with van der Waals surface area (Å²) in [4.78, 5) is 7.56. The van der Waals surface area contributed by atoms with Gasteiger partial charge in [0, 0.05) is 5.02 Å². The van der Waals surface area contributed by atoms with Crippen LogP contribution in [0.5, 0.6) is 0 Å². The van der Waals surface area contributed by atoms with E-state index in [1.807, 2.05) is 12.1 Å². The molecular formula is C14H17ClN2. The highest BCUT2D eigenvalue weighted by atomic mass is 35.5. The Hall–Kier alpha value is -1.02. The Morgan fingerprint density at radius 2 is 2.06 bits per heavy atom. The topological polar surface area (TPSA) is 28.7 Å². The molecule has 1 aromatic carbocycles. The van der Waals surface area contributed by atoms with Gasteiger partial charge in [0.25, 0.3) is 0 Å². The lowest BCUT2D eigenvalue weighted by molar-refractivity contribution is 0.357. The number of fused-ring (bicyclic) bond motifs is 1. The molecule has 0 amide bonds. The summed E-state index contributed by atoms with van der Waals surface area (Å²) >= 11 is 6.33. The van der Waals surface area contributed by atoms with E-state index in [1.165, 1.54) is 37.7 Å². The summed E-state index contributed by atoms with van der Waals surface area (Å²) in [6.07, 6.45) is 9.68. The van der Waals surface area contributed by atoms with Crippen LogP contribution in [0.25, 0.3) is 11.0 Å². The molecule has 3 heteroatoms. The van der Waals surface area contributed by atoms with Crippen LogP contribution in [0.3, 0.4) is 0 Å². The molecule has 2 nitrogen and oxygen atoms in total. The van der Waals surface area contributed by atoms with Crippen LogP contribution in [0, 0.1) is 5.92 Å². The van der Waals surface area contributed by atoms with Gasteiger partial charge in [-0.25, -0.2) is 4.98 Å². The van der Waals surface area contributed by atoms with E-state index in [9.17, 15) is 0 Å². The fourth-order valence-corrected chi connectivity index (χ4v) is 3.15. The Bertz CT molecular complexity index is 512. The van der Waals surface area contributed by atoms with Crippen LogP contribution in [-0.2, 0) is 6.42 Å². The molecule has 2 aromatic rings. The predicted octanol–water partition coefficient (Wildman–Crippen LogP) is 4.34. The summed E-state index contributed by atoms with van der Waals surface area (Å²) in [5, 5.41) is 0.871. The molecule has 1 saturated carbocycles. The van der Waals surface area contributed by atoms with Crippen LogP contribution in [0.4, 0.5) is 0 Å². The Morgan fingerprint density at radius 3 is 2.88 bits per heavy atom. The lowest BCUT2D eigenvalue weighted by Crippen LogP contribution is -2.09. The molecular weight excluding hydrogens is 232 g/mol. The molecule has 0 saturated heterocycles. The Kier molecular flexibility index (Phi) is 3.06. The van der Waals surface area contributed by atoms with Crippen LogP contribution in [0.15, 0.2) is 18.5 Å². The first-order valence-corrected chi connectivity index (χ1v) is 6.83. The molecule has 1 aromatic heterocycles.